The molecule has 0 amide bonds. The molecule has 0 bridgehead atoms. The van der Waals surface area contributed by atoms with Gasteiger partial charge in [0.15, 0.2) is 5.11 Å². The number of esters is 1. The lowest BCUT2D eigenvalue weighted by Gasteiger charge is -2.11. The van der Waals surface area contributed by atoms with Crippen LogP contribution in [0.5, 0.6) is 0 Å². The van der Waals surface area contributed by atoms with E-state index in [4.69, 9.17) is 12.2 Å². The number of benzene rings is 1. The van der Waals surface area contributed by atoms with Gasteiger partial charge >= 0.3 is 5.97 Å². The number of carbonyl (C=O) groups is 1. The summed E-state index contributed by atoms with van der Waals surface area (Å²) in [6.45, 7) is 2.86. The summed E-state index contributed by atoms with van der Waals surface area (Å²) in [5, 5.41) is 6.80. The summed E-state index contributed by atoms with van der Waals surface area (Å²) in [5.41, 5.74) is 2.33. The van der Waals surface area contributed by atoms with E-state index in [1.807, 2.05) is 12.1 Å². The van der Waals surface area contributed by atoms with Crippen LogP contribution in [0.15, 0.2) is 24.3 Å². The predicted octanol–water partition coefficient (Wildman–Crippen LogP) is 3.66. The van der Waals surface area contributed by atoms with E-state index >= 15 is 0 Å². The number of nitrogens with one attached hydrogen (secondary N) is 2. The quantitative estimate of drug-likeness (QED) is 0.413. The number of unbranched alkanes of at least 4 members (excludes halogenated alkanes) is 2. The van der Waals surface area contributed by atoms with Crippen LogP contribution in [0, 0.1) is 0 Å². The maximum absolute atomic E-state index is 11.0. The van der Waals surface area contributed by atoms with Gasteiger partial charge in [-0.15, -0.1) is 0 Å². The van der Waals surface area contributed by atoms with Crippen molar-refractivity contribution < 1.29 is 9.53 Å². The van der Waals surface area contributed by atoms with Crippen molar-refractivity contribution in [2.45, 2.75) is 45.4 Å². The summed E-state index contributed by atoms with van der Waals surface area (Å²) in [5.74, 6) is -0.195. The van der Waals surface area contributed by atoms with Crippen molar-refractivity contribution in [1.29, 1.82) is 0 Å². The largest absolute Gasteiger partial charge is 0.469 e. The number of ether oxygens (including phenoxy) is 1. The lowest BCUT2D eigenvalue weighted by molar-refractivity contribution is -0.140. The minimum absolute atomic E-state index is 0.195. The highest BCUT2D eigenvalue weighted by Crippen LogP contribution is 2.12. The van der Waals surface area contributed by atoms with Gasteiger partial charge < -0.3 is 15.4 Å². The Balaban J connectivity index is 2.25. The highest BCUT2D eigenvalue weighted by atomic mass is 32.1. The first-order valence-corrected chi connectivity index (χ1v) is 8.27. The second kappa shape index (κ2) is 11.0. The van der Waals surface area contributed by atoms with E-state index in [1.165, 1.54) is 31.9 Å². The molecule has 0 saturated carbocycles. The van der Waals surface area contributed by atoms with Crippen LogP contribution in [-0.4, -0.2) is 24.7 Å². The molecule has 2 N–H and O–H groups in total. The molecule has 0 atom stereocenters. The lowest BCUT2D eigenvalue weighted by atomic mass is 10.1. The molecule has 1 aromatic rings. The van der Waals surface area contributed by atoms with Crippen molar-refractivity contribution in [1.82, 2.24) is 5.32 Å². The fourth-order valence-electron chi connectivity index (χ4n) is 2.05. The summed E-state index contributed by atoms with van der Waals surface area (Å²) in [7, 11) is 1.40. The Kier molecular flexibility index (Phi) is 9.23. The van der Waals surface area contributed by atoms with Crippen molar-refractivity contribution in [2.75, 3.05) is 19.0 Å². The van der Waals surface area contributed by atoms with E-state index in [1.54, 1.807) is 0 Å². The number of aryl methyl sites for hydroxylation is 1. The number of hydrogen-bond acceptors (Lipinski definition) is 3. The molecule has 0 saturated heterocycles. The molecule has 5 heteroatoms. The van der Waals surface area contributed by atoms with Gasteiger partial charge in [-0.1, -0.05) is 31.9 Å². The Morgan fingerprint density at radius 1 is 1.18 bits per heavy atom. The third kappa shape index (κ3) is 7.98. The minimum Gasteiger partial charge on any atom is -0.469 e. The molecular weight excluding hydrogens is 296 g/mol. The fraction of sp³-hybridized carbons (Fsp3) is 0.529. The van der Waals surface area contributed by atoms with Crippen LogP contribution in [0.4, 0.5) is 5.69 Å². The Bertz CT molecular complexity index is 460. The maximum atomic E-state index is 11.0. The molecule has 0 aliphatic carbocycles. The first-order valence-electron chi connectivity index (χ1n) is 7.86. The second-order valence-corrected chi connectivity index (χ2v) is 5.62. The number of anilines is 1. The molecule has 0 fully saturated rings. The third-order valence-corrected chi connectivity index (χ3v) is 3.60. The standard InChI is InChI=1S/C17H26N2O2S/c1-3-4-5-7-14-9-11-15(12-10-14)19-17(22)18-13-6-8-16(20)21-2/h9-12H,3-8,13H2,1-2H3,(H2,18,19,22). The first-order chi connectivity index (χ1) is 10.7. The minimum atomic E-state index is -0.195. The smallest absolute Gasteiger partial charge is 0.305 e. The molecular formula is C17H26N2O2S. The van der Waals surface area contributed by atoms with E-state index < -0.39 is 0 Å². The van der Waals surface area contributed by atoms with E-state index in [-0.39, 0.29) is 5.97 Å². The molecule has 1 rings (SSSR count). The molecule has 0 aromatic heterocycles. The summed E-state index contributed by atoms with van der Waals surface area (Å²) in [6.07, 6.45) is 5.99. The van der Waals surface area contributed by atoms with Crippen LogP contribution in [0.25, 0.3) is 0 Å². The van der Waals surface area contributed by atoms with Crippen molar-refractivity contribution in [2.24, 2.45) is 0 Å². The third-order valence-electron chi connectivity index (χ3n) is 3.35. The molecule has 1 aromatic carbocycles. The van der Waals surface area contributed by atoms with Gasteiger partial charge in [0.05, 0.1) is 7.11 Å². The van der Waals surface area contributed by atoms with E-state index in [2.05, 4.69) is 34.4 Å². The zero-order chi connectivity index (χ0) is 16.2. The number of rotatable bonds is 9. The Morgan fingerprint density at radius 2 is 1.91 bits per heavy atom. The molecule has 0 aliphatic rings. The molecule has 4 nitrogen and oxygen atoms in total. The van der Waals surface area contributed by atoms with Crippen LogP contribution < -0.4 is 10.6 Å². The van der Waals surface area contributed by atoms with Gasteiger partial charge in [0.2, 0.25) is 0 Å². The SMILES string of the molecule is CCCCCc1ccc(NC(=S)NCCCC(=O)OC)cc1. The average molecular weight is 322 g/mol. The number of thiocarbonyl (C=S) groups is 1. The van der Waals surface area contributed by atoms with Gasteiger partial charge in [-0.3, -0.25) is 4.79 Å². The lowest BCUT2D eigenvalue weighted by Crippen LogP contribution is -2.29. The van der Waals surface area contributed by atoms with Crippen molar-refractivity contribution in [3.63, 3.8) is 0 Å². The molecule has 122 valence electrons. The van der Waals surface area contributed by atoms with Gasteiger partial charge in [0.1, 0.15) is 0 Å². The Morgan fingerprint density at radius 3 is 2.55 bits per heavy atom. The molecule has 0 radical (unpaired) electrons. The van der Waals surface area contributed by atoms with E-state index in [9.17, 15) is 4.79 Å². The van der Waals surface area contributed by atoms with Gasteiger partial charge in [-0.05, 0) is 49.2 Å². The zero-order valence-electron chi connectivity index (χ0n) is 13.5. The van der Waals surface area contributed by atoms with Crippen molar-refractivity contribution >= 4 is 29.0 Å². The molecule has 22 heavy (non-hydrogen) atoms. The zero-order valence-corrected chi connectivity index (χ0v) is 14.3. The topological polar surface area (TPSA) is 50.4 Å². The van der Waals surface area contributed by atoms with Crippen LogP contribution >= 0.6 is 12.2 Å². The summed E-state index contributed by atoms with van der Waals surface area (Å²) >= 11 is 5.22. The predicted molar refractivity (Wildman–Crippen MR) is 95.1 cm³/mol. The van der Waals surface area contributed by atoms with Gasteiger partial charge in [0, 0.05) is 18.7 Å². The van der Waals surface area contributed by atoms with Crippen LogP contribution in [0.3, 0.4) is 0 Å². The van der Waals surface area contributed by atoms with Crippen molar-refractivity contribution in [3.05, 3.63) is 29.8 Å². The molecule has 0 unspecified atom stereocenters. The second-order valence-electron chi connectivity index (χ2n) is 5.21. The normalized spacial score (nSPS) is 10.1. The summed E-state index contributed by atoms with van der Waals surface area (Å²) in [4.78, 5) is 11.0. The van der Waals surface area contributed by atoms with Crippen LogP contribution in [0.1, 0.15) is 44.6 Å². The van der Waals surface area contributed by atoms with E-state index in [0.29, 0.717) is 24.5 Å². The average Bonchev–Trinajstić information content (AvgIpc) is 2.53. The molecule has 0 heterocycles. The number of hydrogen-bond donors (Lipinski definition) is 2. The van der Waals surface area contributed by atoms with Gasteiger partial charge in [-0.25, -0.2) is 0 Å². The highest BCUT2D eigenvalue weighted by molar-refractivity contribution is 7.80. The molecule has 0 spiro atoms. The fourth-order valence-corrected chi connectivity index (χ4v) is 2.27. The maximum Gasteiger partial charge on any atom is 0.305 e. The number of methoxy groups -OCH3 is 1. The van der Waals surface area contributed by atoms with Crippen molar-refractivity contribution in [3.8, 4) is 0 Å². The van der Waals surface area contributed by atoms with Gasteiger partial charge in [0.25, 0.3) is 0 Å². The monoisotopic (exact) mass is 322 g/mol. The first kappa shape index (κ1) is 18.4. The van der Waals surface area contributed by atoms with Gasteiger partial charge in [-0.2, -0.15) is 0 Å². The molecule has 0 aliphatic heterocycles. The Hall–Kier alpha value is -1.62. The van der Waals surface area contributed by atoms with Crippen LogP contribution in [-0.2, 0) is 16.0 Å². The summed E-state index contributed by atoms with van der Waals surface area (Å²) < 4.78 is 4.58. The number of carbonyl (C=O) groups excluding carboxylic acids is 1. The highest BCUT2D eigenvalue weighted by Gasteiger charge is 2.01. The Labute approximate surface area is 138 Å². The summed E-state index contributed by atoms with van der Waals surface area (Å²) in [6, 6.07) is 8.36. The van der Waals surface area contributed by atoms with Crippen LogP contribution in [0.2, 0.25) is 0 Å². The van der Waals surface area contributed by atoms with E-state index in [0.717, 1.165) is 12.1 Å².